The first-order valence-corrected chi connectivity index (χ1v) is 24.4. The molecule has 1 fully saturated rings. The van der Waals surface area contributed by atoms with Crippen LogP contribution >= 0.6 is 0 Å². The molecule has 0 amide bonds. The Balaban J connectivity index is 1.05. The molecule has 0 radical (unpaired) electrons. The Morgan fingerprint density at radius 3 is 1.62 bits per heavy atom. The fraction of sp³-hybridized carbons (Fsp3) is 0.333. The van der Waals surface area contributed by atoms with Crippen molar-refractivity contribution in [3.63, 3.8) is 0 Å². The fourth-order valence-corrected chi connectivity index (χ4v) is 11.2. The maximum absolute atomic E-state index is 2.50. The predicted octanol–water partition coefficient (Wildman–Crippen LogP) is 18.0. The summed E-state index contributed by atoms with van der Waals surface area (Å²) in [7, 11) is 0. The minimum Gasteiger partial charge on any atom is -0.310 e. The molecule has 3 aliphatic rings. The first-order valence-electron chi connectivity index (χ1n) is 24.4. The van der Waals surface area contributed by atoms with Gasteiger partial charge in [0.15, 0.2) is 0 Å². The quantitative estimate of drug-likeness (QED) is 0.155. The molecular formula is C63H67N. The summed E-state index contributed by atoms with van der Waals surface area (Å²) in [6.45, 7) is 18.7. The highest BCUT2D eigenvalue weighted by Gasteiger charge is 2.36. The molecule has 3 aliphatic carbocycles. The molecule has 7 aromatic rings. The third kappa shape index (κ3) is 7.95. The van der Waals surface area contributed by atoms with Crippen LogP contribution in [-0.4, -0.2) is 0 Å². The highest BCUT2D eigenvalue weighted by atomic mass is 15.1. The second-order valence-corrected chi connectivity index (χ2v) is 22.0. The van der Waals surface area contributed by atoms with Crippen LogP contribution in [0.2, 0.25) is 0 Å². The molecule has 0 spiro atoms. The zero-order valence-electron chi connectivity index (χ0n) is 39.7. The van der Waals surface area contributed by atoms with Gasteiger partial charge >= 0.3 is 0 Å². The Labute approximate surface area is 384 Å². The Bertz CT molecular complexity index is 2780. The molecule has 0 bridgehead atoms. The van der Waals surface area contributed by atoms with Crippen molar-refractivity contribution >= 4 is 17.1 Å². The van der Waals surface area contributed by atoms with Crippen LogP contribution in [-0.2, 0) is 29.1 Å². The normalized spacial score (nSPS) is 15.9. The van der Waals surface area contributed by atoms with Gasteiger partial charge in [-0.25, -0.2) is 0 Å². The van der Waals surface area contributed by atoms with E-state index < -0.39 is 0 Å². The number of aryl methyl sites for hydroxylation is 1. The number of benzene rings is 7. The van der Waals surface area contributed by atoms with Crippen molar-refractivity contribution in [3.8, 4) is 44.5 Å². The lowest BCUT2D eigenvalue weighted by Gasteiger charge is -2.29. The molecule has 0 atom stereocenters. The summed E-state index contributed by atoms with van der Waals surface area (Å²) in [4.78, 5) is 2.47. The second-order valence-electron chi connectivity index (χ2n) is 22.0. The molecule has 324 valence electrons. The van der Waals surface area contributed by atoms with Crippen LogP contribution < -0.4 is 4.90 Å². The van der Waals surface area contributed by atoms with Crippen LogP contribution in [0.1, 0.15) is 145 Å². The molecule has 0 aromatic heterocycles. The van der Waals surface area contributed by atoms with Gasteiger partial charge in [0.2, 0.25) is 0 Å². The summed E-state index contributed by atoms with van der Waals surface area (Å²) in [6, 6.07) is 56.8. The lowest BCUT2D eigenvalue weighted by atomic mass is 9.79. The van der Waals surface area contributed by atoms with Gasteiger partial charge in [-0.2, -0.15) is 0 Å². The van der Waals surface area contributed by atoms with Gasteiger partial charge < -0.3 is 4.90 Å². The number of hydrogen-bond donors (Lipinski definition) is 0. The Morgan fingerprint density at radius 2 is 0.984 bits per heavy atom. The van der Waals surface area contributed by atoms with Gasteiger partial charge in [0, 0.05) is 22.5 Å². The third-order valence-corrected chi connectivity index (χ3v) is 15.2. The maximum atomic E-state index is 2.50. The van der Waals surface area contributed by atoms with Crippen LogP contribution in [0.5, 0.6) is 0 Å². The van der Waals surface area contributed by atoms with Crippen LogP contribution in [0.25, 0.3) is 44.5 Å². The molecule has 7 aromatic carbocycles. The standard InChI is InChI=1S/C63H67N/c1-61(2,3)50-37-49(38-51(40-50)62(4,5)6)45-26-30-52(31-27-45)64(54-34-35-57-56-20-14-15-21-59(56)63(7,8)60(57)41-54)53-32-28-46(29-33-53)58-39-48(36-47-18-12-13-19-55(47)58)44-24-22-43(23-25-44)42-16-10-9-11-17-42/h14-15,20-42H,9-13,16-19H2,1-8H3. The van der Waals surface area contributed by atoms with Crippen molar-refractivity contribution in [3.05, 3.63) is 185 Å². The summed E-state index contributed by atoms with van der Waals surface area (Å²) < 4.78 is 0. The molecular weight excluding hydrogens is 771 g/mol. The summed E-state index contributed by atoms with van der Waals surface area (Å²) in [5.74, 6) is 0.727. The number of nitrogens with zero attached hydrogens (tertiary/aromatic N) is 1. The minimum atomic E-state index is -0.0928. The summed E-state index contributed by atoms with van der Waals surface area (Å²) >= 11 is 0. The lowest BCUT2D eigenvalue weighted by molar-refractivity contribution is 0.443. The lowest BCUT2D eigenvalue weighted by Crippen LogP contribution is -2.16. The molecule has 1 saturated carbocycles. The van der Waals surface area contributed by atoms with Crippen LogP contribution in [0, 0.1) is 0 Å². The number of fused-ring (bicyclic) bond motifs is 4. The molecule has 10 rings (SSSR count). The first kappa shape index (κ1) is 42.3. The molecule has 0 saturated heterocycles. The molecule has 64 heavy (non-hydrogen) atoms. The van der Waals surface area contributed by atoms with E-state index in [4.69, 9.17) is 0 Å². The molecule has 0 N–H and O–H groups in total. The van der Waals surface area contributed by atoms with E-state index in [1.54, 1.807) is 5.56 Å². The van der Waals surface area contributed by atoms with E-state index in [-0.39, 0.29) is 16.2 Å². The summed E-state index contributed by atoms with van der Waals surface area (Å²) in [6.07, 6.45) is 11.6. The van der Waals surface area contributed by atoms with Gasteiger partial charge in [0.25, 0.3) is 0 Å². The number of hydrogen-bond acceptors (Lipinski definition) is 1. The van der Waals surface area contributed by atoms with E-state index in [1.165, 1.54) is 129 Å². The zero-order valence-corrected chi connectivity index (χ0v) is 39.7. The van der Waals surface area contributed by atoms with Gasteiger partial charge in [-0.3, -0.25) is 0 Å². The van der Waals surface area contributed by atoms with Crippen LogP contribution in [0.15, 0.2) is 146 Å². The molecule has 1 heteroatoms. The smallest absolute Gasteiger partial charge is 0.0465 e. The molecule has 0 heterocycles. The zero-order chi connectivity index (χ0) is 44.4. The highest BCUT2D eigenvalue weighted by Crippen LogP contribution is 2.51. The van der Waals surface area contributed by atoms with Crippen molar-refractivity contribution in [2.75, 3.05) is 4.90 Å². The van der Waals surface area contributed by atoms with Gasteiger partial charge in [0.05, 0.1) is 0 Å². The SMILES string of the molecule is CC(C)(C)c1cc(-c2ccc(N(c3ccc(-c4cc(-c5ccc(C6CCCCC6)cc5)cc5c4CCCC5)cc3)c3ccc4c(c3)C(C)(C)c3ccccc3-4)cc2)cc(C(C)(C)C)c1. The monoisotopic (exact) mass is 838 g/mol. The van der Waals surface area contributed by atoms with E-state index >= 15 is 0 Å². The summed E-state index contributed by atoms with van der Waals surface area (Å²) in [5, 5.41) is 0. The van der Waals surface area contributed by atoms with E-state index in [0.717, 1.165) is 30.1 Å². The van der Waals surface area contributed by atoms with Crippen molar-refractivity contribution in [1.82, 2.24) is 0 Å². The van der Waals surface area contributed by atoms with Gasteiger partial charge in [0.1, 0.15) is 0 Å². The Kier molecular flexibility index (Phi) is 10.8. The molecule has 0 unspecified atom stereocenters. The van der Waals surface area contributed by atoms with Crippen molar-refractivity contribution in [1.29, 1.82) is 0 Å². The van der Waals surface area contributed by atoms with Crippen LogP contribution in [0.3, 0.4) is 0 Å². The van der Waals surface area contributed by atoms with Crippen molar-refractivity contribution in [2.24, 2.45) is 0 Å². The van der Waals surface area contributed by atoms with Gasteiger partial charge in [-0.15, -0.1) is 0 Å². The van der Waals surface area contributed by atoms with E-state index in [9.17, 15) is 0 Å². The third-order valence-electron chi connectivity index (χ3n) is 15.2. The average molecular weight is 838 g/mol. The highest BCUT2D eigenvalue weighted by molar-refractivity contribution is 5.87. The van der Waals surface area contributed by atoms with Crippen molar-refractivity contribution in [2.45, 2.75) is 135 Å². The first-order chi connectivity index (χ1) is 30.7. The molecule has 0 aliphatic heterocycles. The Hall–Kier alpha value is -5.66. The largest absolute Gasteiger partial charge is 0.310 e. The minimum absolute atomic E-state index is 0.0559. The average Bonchev–Trinajstić information content (AvgIpc) is 3.54. The van der Waals surface area contributed by atoms with Crippen molar-refractivity contribution < 1.29 is 0 Å². The summed E-state index contributed by atoms with van der Waals surface area (Å²) in [5.41, 5.74) is 24.3. The molecule has 1 nitrogen and oxygen atoms in total. The van der Waals surface area contributed by atoms with E-state index in [2.05, 4.69) is 206 Å². The van der Waals surface area contributed by atoms with Crippen LogP contribution in [0.4, 0.5) is 17.1 Å². The van der Waals surface area contributed by atoms with Gasteiger partial charge in [-0.05, 0) is 181 Å². The topological polar surface area (TPSA) is 3.24 Å². The number of rotatable bonds is 7. The number of anilines is 3. The Morgan fingerprint density at radius 1 is 0.438 bits per heavy atom. The van der Waals surface area contributed by atoms with Gasteiger partial charge in [-0.1, -0.05) is 178 Å². The van der Waals surface area contributed by atoms with E-state index in [0.29, 0.717) is 0 Å². The van der Waals surface area contributed by atoms with E-state index in [1.807, 2.05) is 0 Å². The predicted molar refractivity (Wildman–Crippen MR) is 275 cm³/mol. The fourth-order valence-electron chi connectivity index (χ4n) is 11.2. The maximum Gasteiger partial charge on any atom is 0.0465 e. The second kappa shape index (κ2) is 16.4.